The van der Waals surface area contributed by atoms with Crippen LogP contribution in [0.1, 0.15) is 12.5 Å². The normalized spacial score (nSPS) is 10.8. The van der Waals surface area contributed by atoms with Gasteiger partial charge in [-0.15, -0.1) is 0 Å². The first kappa shape index (κ1) is 15.3. The maximum absolute atomic E-state index is 10.8. The van der Waals surface area contributed by atoms with Crippen molar-refractivity contribution in [3.63, 3.8) is 0 Å². The van der Waals surface area contributed by atoms with E-state index in [1.54, 1.807) is 18.2 Å². The molecule has 0 heterocycles. The fourth-order valence-corrected chi connectivity index (χ4v) is 1.99. The Morgan fingerprint density at radius 2 is 1.68 bits per heavy atom. The van der Waals surface area contributed by atoms with Crippen molar-refractivity contribution in [3.8, 4) is 22.9 Å². The molecular formula is C18H15NO3. The molecule has 0 aliphatic heterocycles. The molecule has 1 N–H and O–H groups in total. The maximum atomic E-state index is 10.8. The lowest BCUT2D eigenvalue weighted by Crippen LogP contribution is -1.97. The molecule has 0 amide bonds. The van der Waals surface area contributed by atoms with Crippen molar-refractivity contribution in [3.05, 3.63) is 59.7 Å². The molecule has 0 spiro atoms. The Morgan fingerprint density at radius 1 is 1.14 bits per heavy atom. The van der Waals surface area contributed by atoms with Crippen LogP contribution in [-0.2, 0) is 4.79 Å². The molecular weight excluding hydrogens is 278 g/mol. The first-order chi connectivity index (χ1) is 10.6. The van der Waals surface area contributed by atoms with Crippen molar-refractivity contribution in [2.75, 3.05) is 6.61 Å². The third-order valence-electron chi connectivity index (χ3n) is 3.07. The van der Waals surface area contributed by atoms with Gasteiger partial charge < -0.3 is 9.84 Å². The number of nitriles is 1. The van der Waals surface area contributed by atoms with E-state index in [1.165, 1.54) is 6.08 Å². The van der Waals surface area contributed by atoms with E-state index >= 15 is 0 Å². The van der Waals surface area contributed by atoms with Crippen LogP contribution in [0.25, 0.3) is 17.2 Å². The van der Waals surface area contributed by atoms with Crippen molar-refractivity contribution in [1.29, 1.82) is 5.26 Å². The van der Waals surface area contributed by atoms with E-state index in [9.17, 15) is 4.79 Å². The minimum absolute atomic E-state index is 0.284. The molecule has 22 heavy (non-hydrogen) atoms. The topological polar surface area (TPSA) is 70.3 Å². The lowest BCUT2D eigenvalue weighted by molar-refractivity contribution is -0.132. The van der Waals surface area contributed by atoms with Crippen LogP contribution in [0.15, 0.2) is 54.1 Å². The van der Waals surface area contributed by atoms with Crippen molar-refractivity contribution >= 4 is 12.0 Å². The van der Waals surface area contributed by atoms with E-state index in [-0.39, 0.29) is 5.57 Å². The van der Waals surface area contributed by atoms with Crippen LogP contribution < -0.4 is 4.74 Å². The molecule has 0 aliphatic carbocycles. The van der Waals surface area contributed by atoms with E-state index in [1.807, 2.05) is 43.3 Å². The zero-order valence-corrected chi connectivity index (χ0v) is 12.1. The second-order valence-corrected chi connectivity index (χ2v) is 4.55. The van der Waals surface area contributed by atoms with Gasteiger partial charge in [-0.1, -0.05) is 36.4 Å². The zero-order valence-electron chi connectivity index (χ0n) is 12.1. The van der Waals surface area contributed by atoms with Gasteiger partial charge in [0.25, 0.3) is 0 Å². The van der Waals surface area contributed by atoms with Gasteiger partial charge in [-0.25, -0.2) is 4.79 Å². The van der Waals surface area contributed by atoms with Crippen LogP contribution in [0.5, 0.6) is 5.75 Å². The number of hydrogen-bond donors (Lipinski definition) is 1. The first-order valence-electron chi connectivity index (χ1n) is 6.82. The predicted octanol–water partition coefficient (Wildman–Crippen LogP) is 3.74. The van der Waals surface area contributed by atoms with Gasteiger partial charge in [0, 0.05) is 0 Å². The minimum Gasteiger partial charge on any atom is -0.494 e. The Labute approximate surface area is 128 Å². The Kier molecular flexibility index (Phi) is 4.94. The van der Waals surface area contributed by atoms with Crippen LogP contribution in [0.2, 0.25) is 0 Å². The summed E-state index contributed by atoms with van der Waals surface area (Å²) in [6.45, 7) is 2.57. The number of benzene rings is 2. The number of nitrogens with zero attached hydrogens (tertiary/aromatic N) is 1. The Hall–Kier alpha value is -3.06. The Bertz CT molecular complexity index is 722. The monoisotopic (exact) mass is 293 g/mol. The predicted molar refractivity (Wildman–Crippen MR) is 84.3 cm³/mol. The van der Waals surface area contributed by atoms with Gasteiger partial charge in [0.15, 0.2) is 0 Å². The molecule has 2 aromatic carbocycles. The molecule has 110 valence electrons. The number of carbonyl (C=O) groups is 1. The van der Waals surface area contributed by atoms with Gasteiger partial charge in [-0.3, -0.25) is 0 Å². The summed E-state index contributed by atoms with van der Waals surface area (Å²) in [5.74, 6) is -0.399. The highest BCUT2D eigenvalue weighted by Crippen LogP contribution is 2.23. The third kappa shape index (κ3) is 3.74. The summed E-state index contributed by atoms with van der Waals surface area (Å²) >= 11 is 0. The summed E-state index contributed by atoms with van der Waals surface area (Å²) in [5.41, 5.74) is 2.44. The summed E-state index contributed by atoms with van der Waals surface area (Å²) in [6.07, 6.45) is 1.35. The molecule has 0 saturated carbocycles. The molecule has 0 fully saturated rings. The molecule has 0 unspecified atom stereocenters. The van der Waals surface area contributed by atoms with Crippen LogP contribution in [0.4, 0.5) is 0 Å². The van der Waals surface area contributed by atoms with Crippen LogP contribution >= 0.6 is 0 Å². The van der Waals surface area contributed by atoms with Gasteiger partial charge >= 0.3 is 5.97 Å². The fourth-order valence-electron chi connectivity index (χ4n) is 1.99. The maximum Gasteiger partial charge on any atom is 0.346 e. The molecule has 0 atom stereocenters. The SMILES string of the molecule is CCOc1ccc(-c2ccc(/C=C(/C#N)C(=O)O)cc2)cc1. The first-order valence-corrected chi connectivity index (χ1v) is 6.82. The molecule has 2 rings (SSSR count). The van der Waals surface area contributed by atoms with Crippen LogP contribution in [-0.4, -0.2) is 17.7 Å². The van der Waals surface area contributed by atoms with E-state index < -0.39 is 5.97 Å². The van der Waals surface area contributed by atoms with Crippen molar-refractivity contribution in [2.24, 2.45) is 0 Å². The van der Waals surface area contributed by atoms with Crippen LogP contribution in [0.3, 0.4) is 0 Å². The number of aliphatic carboxylic acids is 1. The van der Waals surface area contributed by atoms with Gasteiger partial charge in [0.2, 0.25) is 0 Å². The molecule has 4 heteroatoms. The highest BCUT2D eigenvalue weighted by Gasteiger charge is 2.05. The van der Waals surface area contributed by atoms with E-state index in [4.69, 9.17) is 15.1 Å². The van der Waals surface area contributed by atoms with Gasteiger partial charge in [-0.05, 0) is 41.8 Å². The van der Waals surface area contributed by atoms with Crippen molar-refractivity contribution < 1.29 is 14.6 Å². The second kappa shape index (κ2) is 7.09. The average molecular weight is 293 g/mol. The van der Waals surface area contributed by atoms with E-state index in [0.717, 1.165) is 16.9 Å². The summed E-state index contributed by atoms with van der Waals surface area (Å²) in [4.78, 5) is 10.8. The highest BCUT2D eigenvalue weighted by molar-refractivity contribution is 5.96. The standard InChI is InChI=1S/C18H15NO3/c1-2-22-17-9-7-15(8-10-17)14-5-3-13(4-6-14)11-16(12-19)18(20)21/h3-11H,2H2,1H3,(H,20,21)/b16-11-. The minimum atomic E-state index is -1.22. The largest absolute Gasteiger partial charge is 0.494 e. The number of hydrogen-bond acceptors (Lipinski definition) is 3. The third-order valence-corrected chi connectivity index (χ3v) is 3.07. The van der Waals surface area contributed by atoms with Crippen LogP contribution in [0, 0.1) is 11.3 Å². The molecule has 0 radical (unpaired) electrons. The van der Waals surface area contributed by atoms with Crippen molar-refractivity contribution in [1.82, 2.24) is 0 Å². The lowest BCUT2D eigenvalue weighted by Gasteiger charge is -2.05. The van der Waals surface area contributed by atoms with Gasteiger partial charge in [0.1, 0.15) is 17.4 Å². The zero-order chi connectivity index (χ0) is 15.9. The molecule has 0 aromatic heterocycles. The van der Waals surface area contributed by atoms with Gasteiger partial charge in [0.05, 0.1) is 6.61 Å². The summed E-state index contributed by atoms with van der Waals surface area (Å²) < 4.78 is 5.40. The Balaban J connectivity index is 2.22. The number of rotatable bonds is 5. The molecule has 2 aromatic rings. The smallest absolute Gasteiger partial charge is 0.346 e. The molecule has 4 nitrogen and oxygen atoms in total. The Morgan fingerprint density at radius 3 is 2.14 bits per heavy atom. The van der Waals surface area contributed by atoms with E-state index in [2.05, 4.69) is 0 Å². The molecule has 0 saturated heterocycles. The summed E-state index contributed by atoms with van der Waals surface area (Å²) in [7, 11) is 0. The lowest BCUT2D eigenvalue weighted by atomic mass is 10.0. The summed E-state index contributed by atoms with van der Waals surface area (Å²) in [5, 5.41) is 17.6. The van der Waals surface area contributed by atoms with Crippen molar-refractivity contribution in [2.45, 2.75) is 6.92 Å². The fraction of sp³-hybridized carbons (Fsp3) is 0.111. The number of ether oxygens (including phenoxy) is 1. The molecule has 0 bridgehead atoms. The molecule has 0 aliphatic rings. The van der Waals surface area contributed by atoms with Gasteiger partial charge in [-0.2, -0.15) is 5.26 Å². The average Bonchev–Trinajstić information content (AvgIpc) is 2.54. The van der Waals surface area contributed by atoms with E-state index in [0.29, 0.717) is 12.2 Å². The highest BCUT2D eigenvalue weighted by atomic mass is 16.5. The number of carboxylic acids is 1. The number of carboxylic acid groups (broad SMARTS) is 1. The quantitative estimate of drug-likeness (QED) is 0.673. The second-order valence-electron chi connectivity index (χ2n) is 4.55. The summed E-state index contributed by atoms with van der Waals surface area (Å²) in [6, 6.07) is 16.8.